The fraction of sp³-hybridized carbons (Fsp3) is 0.889. The zero-order valence-corrected chi connectivity index (χ0v) is 8.18. The predicted molar refractivity (Wildman–Crippen MR) is 52.3 cm³/mol. The van der Waals surface area contributed by atoms with Crippen molar-refractivity contribution in [2.75, 3.05) is 19.6 Å². The molecule has 2 atom stereocenters. The monoisotopic (exact) mass is 185 g/mol. The molecule has 1 saturated heterocycles. The molecule has 0 saturated carbocycles. The first-order valence-electron chi connectivity index (χ1n) is 4.95. The molecular weight excluding hydrogens is 166 g/mol. The number of carbonyl (C=O) groups is 1. The van der Waals surface area contributed by atoms with Gasteiger partial charge in [0.1, 0.15) is 0 Å². The van der Waals surface area contributed by atoms with Gasteiger partial charge in [0.25, 0.3) is 0 Å². The number of nitrogens with two attached hydrogens (primary N) is 1. The van der Waals surface area contributed by atoms with Crippen LogP contribution in [0.15, 0.2) is 0 Å². The molecule has 4 nitrogen and oxygen atoms in total. The van der Waals surface area contributed by atoms with Gasteiger partial charge < -0.3 is 16.4 Å². The summed E-state index contributed by atoms with van der Waals surface area (Å²) in [6, 6.07) is 0.301. The van der Waals surface area contributed by atoms with Crippen molar-refractivity contribution in [3.05, 3.63) is 0 Å². The summed E-state index contributed by atoms with van der Waals surface area (Å²) in [6.07, 6.45) is 2.22. The maximum atomic E-state index is 11.4. The van der Waals surface area contributed by atoms with Gasteiger partial charge in [-0.15, -0.1) is 0 Å². The van der Waals surface area contributed by atoms with Crippen LogP contribution >= 0.6 is 0 Å². The van der Waals surface area contributed by atoms with E-state index in [1.165, 1.54) is 0 Å². The molecule has 1 unspecified atom stereocenters. The second-order valence-corrected chi connectivity index (χ2v) is 3.69. The Morgan fingerprint density at radius 1 is 1.77 bits per heavy atom. The summed E-state index contributed by atoms with van der Waals surface area (Å²) in [7, 11) is 0. The topological polar surface area (TPSA) is 67.2 Å². The van der Waals surface area contributed by atoms with Crippen LogP contribution in [0.25, 0.3) is 0 Å². The van der Waals surface area contributed by atoms with Crippen molar-refractivity contribution in [2.45, 2.75) is 25.8 Å². The Labute approximate surface area is 79.3 Å². The number of carbonyl (C=O) groups excluding carboxylic acids is 1. The minimum absolute atomic E-state index is 0.0677. The predicted octanol–water partition coefficient (Wildman–Crippen LogP) is -0.551. The van der Waals surface area contributed by atoms with Gasteiger partial charge in [0.2, 0.25) is 5.91 Å². The Hall–Kier alpha value is -0.610. The van der Waals surface area contributed by atoms with Gasteiger partial charge in [-0.05, 0) is 19.4 Å². The van der Waals surface area contributed by atoms with Gasteiger partial charge in [-0.2, -0.15) is 0 Å². The zero-order chi connectivity index (χ0) is 9.68. The summed E-state index contributed by atoms with van der Waals surface area (Å²) in [5.74, 6) is 0.0122. The van der Waals surface area contributed by atoms with Crippen LogP contribution in [-0.4, -0.2) is 31.6 Å². The van der Waals surface area contributed by atoms with Crippen molar-refractivity contribution in [1.29, 1.82) is 0 Å². The summed E-state index contributed by atoms with van der Waals surface area (Å²) in [5.41, 5.74) is 5.40. The van der Waals surface area contributed by atoms with Crippen molar-refractivity contribution in [2.24, 2.45) is 11.7 Å². The number of hydrogen-bond donors (Lipinski definition) is 3. The van der Waals surface area contributed by atoms with Crippen molar-refractivity contribution < 1.29 is 4.79 Å². The minimum Gasteiger partial charge on any atom is -0.352 e. The molecule has 1 rings (SSSR count). The number of piperidine rings is 1. The van der Waals surface area contributed by atoms with Gasteiger partial charge in [-0.25, -0.2) is 0 Å². The van der Waals surface area contributed by atoms with Crippen LogP contribution in [-0.2, 0) is 4.79 Å². The summed E-state index contributed by atoms with van der Waals surface area (Å²) in [5, 5.41) is 6.24. The van der Waals surface area contributed by atoms with Gasteiger partial charge in [0, 0.05) is 25.0 Å². The fourth-order valence-corrected chi connectivity index (χ4v) is 1.43. The van der Waals surface area contributed by atoms with E-state index >= 15 is 0 Å². The third kappa shape index (κ3) is 3.32. The quantitative estimate of drug-likeness (QED) is 0.552. The Morgan fingerprint density at radius 3 is 3.08 bits per heavy atom. The molecule has 0 radical (unpaired) electrons. The van der Waals surface area contributed by atoms with Crippen LogP contribution in [0.2, 0.25) is 0 Å². The van der Waals surface area contributed by atoms with E-state index in [4.69, 9.17) is 5.73 Å². The highest BCUT2D eigenvalue weighted by Crippen LogP contribution is 2.02. The molecule has 4 N–H and O–H groups in total. The van der Waals surface area contributed by atoms with E-state index in [0.29, 0.717) is 12.6 Å². The Morgan fingerprint density at radius 2 is 2.54 bits per heavy atom. The lowest BCUT2D eigenvalue weighted by atomic mass is 10.1. The van der Waals surface area contributed by atoms with E-state index < -0.39 is 0 Å². The third-order valence-electron chi connectivity index (χ3n) is 2.44. The molecule has 13 heavy (non-hydrogen) atoms. The molecule has 1 aliphatic rings. The highest BCUT2D eigenvalue weighted by Gasteiger charge is 2.17. The largest absolute Gasteiger partial charge is 0.352 e. The second-order valence-electron chi connectivity index (χ2n) is 3.69. The lowest BCUT2D eigenvalue weighted by molar-refractivity contribution is -0.125. The number of amides is 1. The molecule has 0 aromatic rings. The first kappa shape index (κ1) is 10.5. The van der Waals surface area contributed by atoms with Gasteiger partial charge in [-0.3, -0.25) is 4.79 Å². The van der Waals surface area contributed by atoms with E-state index in [2.05, 4.69) is 10.6 Å². The highest BCUT2D eigenvalue weighted by atomic mass is 16.1. The van der Waals surface area contributed by atoms with E-state index in [0.717, 1.165) is 25.9 Å². The maximum absolute atomic E-state index is 11.4. The van der Waals surface area contributed by atoms with Crippen LogP contribution < -0.4 is 16.4 Å². The van der Waals surface area contributed by atoms with E-state index in [9.17, 15) is 4.79 Å². The van der Waals surface area contributed by atoms with E-state index in [1.54, 1.807) is 0 Å². The molecular formula is C9H19N3O. The van der Waals surface area contributed by atoms with Gasteiger partial charge in [-0.1, -0.05) is 6.92 Å². The number of hydrogen-bond acceptors (Lipinski definition) is 3. The molecule has 76 valence electrons. The SMILES string of the molecule is CC(CN)C(=O)N[C@@H]1CCCNC1. The average molecular weight is 185 g/mol. The third-order valence-corrected chi connectivity index (χ3v) is 2.44. The van der Waals surface area contributed by atoms with E-state index in [-0.39, 0.29) is 11.8 Å². The summed E-state index contributed by atoms with van der Waals surface area (Å²) >= 11 is 0. The number of nitrogens with one attached hydrogen (secondary N) is 2. The minimum atomic E-state index is -0.0677. The Bertz CT molecular complexity index is 166. The summed E-state index contributed by atoms with van der Waals surface area (Å²) in [4.78, 5) is 11.4. The van der Waals surface area contributed by atoms with Crippen molar-refractivity contribution >= 4 is 5.91 Å². The lowest BCUT2D eigenvalue weighted by Gasteiger charge is -2.24. The van der Waals surface area contributed by atoms with Crippen LogP contribution in [0.3, 0.4) is 0 Å². The average Bonchev–Trinajstić information content (AvgIpc) is 2.18. The van der Waals surface area contributed by atoms with Crippen molar-refractivity contribution in [1.82, 2.24) is 10.6 Å². The first-order chi connectivity index (χ1) is 6.24. The molecule has 4 heteroatoms. The molecule has 0 spiro atoms. The van der Waals surface area contributed by atoms with Gasteiger partial charge in [0.05, 0.1) is 0 Å². The van der Waals surface area contributed by atoms with Gasteiger partial charge >= 0.3 is 0 Å². The van der Waals surface area contributed by atoms with Crippen LogP contribution in [0.4, 0.5) is 0 Å². The van der Waals surface area contributed by atoms with Gasteiger partial charge in [0.15, 0.2) is 0 Å². The van der Waals surface area contributed by atoms with Crippen LogP contribution in [0.5, 0.6) is 0 Å². The van der Waals surface area contributed by atoms with Crippen molar-refractivity contribution in [3.8, 4) is 0 Å². The molecule has 1 fully saturated rings. The van der Waals surface area contributed by atoms with Crippen LogP contribution in [0, 0.1) is 5.92 Å². The highest BCUT2D eigenvalue weighted by molar-refractivity contribution is 5.78. The normalized spacial score (nSPS) is 25.2. The Kier molecular flexibility index (Phi) is 4.18. The second kappa shape index (κ2) is 5.19. The maximum Gasteiger partial charge on any atom is 0.224 e. The van der Waals surface area contributed by atoms with Crippen LogP contribution in [0.1, 0.15) is 19.8 Å². The standard InChI is InChI=1S/C9H19N3O/c1-7(5-10)9(13)12-8-3-2-4-11-6-8/h7-8,11H,2-6,10H2,1H3,(H,12,13)/t7?,8-/m1/s1. The fourth-order valence-electron chi connectivity index (χ4n) is 1.43. The molecule has 0 aromatic carbocycles. The molecule has 1 heterocycles. The summed E-state index contributed by atoms with van der Waals surface area (Å²) in [6.45, 7) is 4.24. The van der Waals surface area contributed by atoms with E-state index in [1.807, 2.05) is 6.92 Å². The molecule has 0 aromatic heterocycles. The Balaban J connectivity index is 2.26. The molecule has 0 bridgehead atoms. The molecule has 1 aliphatic heterocycles. The summed E-state index contributed by atoms with van der Waals surface area (Å²) < 4.78 is 0. The number of rotatable bonds is 3. The zero-order valence-electron chi connectivity index (χ0n) is 8.18. The molecule has 1 amide bonds. The molecule has 0 aliphatic carbocycles. The van der Waals surface area contributed by atoms with Crippen molar-refractivity contribution in [3.63, 3.8) is 0 Å². The first-order valence-corrected chi connectivity index (χ1v) is 4.95. The smallest absolute Gasteiger partial charge is 0.224 e. The lowest BCUT2D eigenvalue weighted by Crippen LogP contribution is -2.47.